The molecule has 0 fully saturated rings. The van der Waals surface area contributed by atoms with Gasteiger partial charge in [0.15, 0.2) is 23.0 Å². The molecule has 0 saturated carbocycles. The molecule has 2 heterocycles. The van der Waals surface area contributed by atoms with Crippen LogP contribution in [0.3, 0.4) is 0 Å². The Labute approximate surface area is 353 Å². The van der Waals surface area contributed by atoms with E-state index in [0.717, 1.165) is 70.3 Å². The van der Waals surface area contributed by atoms with Gasteiger partial charge in [-0.1, -0.05) is 154 Å². The monoisotopic (exact) mass is 842 g/mol. The van der Waals surface area contributed by atoms with Crippen molar-refractivity contribution < 1.29 is 43.0 Å². The summed E-state index contributed by atoms with van der Waals surface area (Å²) in [6.07, 6.45) is 2.88. The van der Waals surface area contributed by atoms with Gasteiger partial charge in [0.2, 0.25) is 0 Å². The van der Waals surface area contributed by atoms with E-state index in [1.54, 1.807) is 0 Å². The molecule has 3 unspecified atom stereocenters. The highest BCUT2D eigenvalue weighted by Crippen LogP contribution is 2.46. The Morgan fingerprint density at radius 1 is 0.617 bits per heavy atom. The van der Waals surface area contributed by atoms with Crippen LogP contribution in [0.4, 0.5) is 22.7 Å². The number of rotatable bonds is 17. The molecule has 60 heavy (non-hydrogen) atoms. The number of amidine groups is 2. The minimum absolute atomic E-state index is 0.149. The fourth-order valence-corrected chi connectivity index (χ4v) is 8.75. The van der Waals surface area contributed by atoms with Crippen LogP contribution in [-0.4, -0.2) is 41.3 Å². The summed E-state index contributed by atoms with van der Waals surface area (Å²) < 4.78 is 30.4. The molecule has 4 aromatic carbocycles. The molecule has 4 aromatic rings. The van der Waals surface area contributed by atoms with E-state index in [2.05, 4.69) is 83.4 Å². The van der Waals surface area contributed by atoms with Crippen LogP contribution in [0.1, 0.15) is 92.4 Å². The van der Waals surface area contributed by atoms with E-state index in [1.807, 2.05) is 90.0 Å². The van der Waals surface area contributed by atoms with Crippen LogP contribution in [0, 0.1) is 5.41 Å². The van der Waals surface area contributed by atoms with Crippen molar-refractivity contribution in [2.24, 2.45) is 15.6 Å². The SMILES string of the molecule is CCC1=N[NH+](c2ccccc2)N(c2ccccc2)N1.CCC1=N[NH+](c2ccccc2)N(c2ccccc2)N1.CCCCCCC(C(=O)[O-])(C(CC)(CC)C(=O)[O-])S(=O)(=O)O. The number of carboxylic acids is 2. The fraction of sp³-hybridized carbons (Fsp3) is 0.364. The molecular weight excluding hydrogens is 785 g/mol. The van der Waals surface area contributed by atoms with Crippen molar-refractivity contribution in [3.8, 4) is 0 Å². The standard InChI is InChI=1S/2C15H16N4.C14H26O7S/c2*1-2-15-16-18(13-9-5-3-6-10-13)19(17-15)14-11-7-4-8-12-14;1-4-7-8-9-10-14(12(17)18,22(19,20)21)13(5-2,6-3)11(15)16/h2*3-12H,2H2,1H3,(H,16,17);4-10H2,1-3H3,(H,15,16)(H,17,18)(H,19,20,21). The minimum atomic E-state index is -5.22. The summed E-state index contributed by atoms with van der Waals surface area (Å²) in [5, 5.41) is 38.6. The first-order valence-electron chi connectivity index (χ1n) is 20.5. The molecule has 2 aliphatic heterocycles. The normalized spacial score (nSPS) is 17.0. The highest BCUT2D eigenvalue weighted by Gasteiger charge is 2.59. The highest BCUT2D eigenvalue weighted by molar-refractivity contribution is 7.88. The van der Waals surface area contributed by atoms with Crippen LogP contribution in [0.15, 0.2) is 132 Å². The number of anilines is 2. The quantitative estimate of drug-likeness (QED) is 0.0769. The lowest BCUT2D eigenvalue weighted by Gasteiger charge is -2.49. The molecule has 3 atom stereocenters. The van der Waals surface area contributed by atoms with Gasteiger partial charge < -0.3 is 19.8 Å². The summed E-state index contributed by atoms with van der Waals surface area (Å²) in [5.41, 5.74) is 8.87. The van der Waals surface area contributed by atoms with Gasteiger partial charge in [0.05, 0.1) is 5.97 Å². The van der Waals surface area contributed by atoms with Crippen molar-refractivity contribution in [1.82, 2.24) is 10.9 Å². The maximum atomic E-state index is 11.9. The average Bonchev–Trinajstić information content (AvgIpc) is 3.92. The molecule has 0 radical (unpaired) electrons. The van der Waals surface area contributed by atoms with Crippen molar-refractivity contribution in [2.45, 2.75) is 97.2 Å². The van der Waals surface area contributed by atoms with Gasteiger partial charge in [-0.15, -0.1) is 0 Å². The third-order valence-corrected chi connectivity index (χ3v) is 12.3. The zero-order valence-electron chi connectivity index (χ0n) is 35.0. The third kappa shape index (κ3) is 10.7. The number of benzene rings is 4. The average molecular weight is 843 g/mol. The predicted octanol–water partition coefficient (Wildman–Crippen LogP) is 3.62. The lowest BCUT2D eigenvalue weighted by atomic mass is 9.68. The second-order valence-electron chi connectivity index (χ2n) is 14.2. The number of para-hydroxylation sites is 2. The molecule has 0 aromatic heterocycles. The molecule has 0 bridgehead atoms. The molecule has 16 heteroatoms. The molecule has 0 spiro atoms. The van der Waals surface area contributed by atoms with Gasteiger partial charge in [-0.3, -0.25) is 4.55 Å². The van der Waals surface area contributed by atoms with E-state index in [4.69, 9.17) is 0 Å². The zero-order chi connectivity index (χ0) is 43.8. The summed E-state index contributed by atoms with van der Waals surface area (Å²) in [6, 6.07) is 40.9. The zero-order valence-corrected chi connectivity index (χ0v) is 35.8. The van der Waals surface area contributed by atoms with Crippen LogP contribution in [0.25, 0.3) is 0 Å². The topological polar surface area (TPSA) is 199 Å². The van der Waals surface area contributed by atoms with Crippen molar-refractivity contribution in [3.05, 3.63) is 121 Å². The first kappa shape index (κ1) is 46.9. The van der Waals surface area contributed by atoms with Gasteiger partial charge in [-0.05, 0) is 53.7 Å². The molecule has 0 saturated heterocycles. The maximum absolute atomic E-state index is 11.9. The number of unbranched alkanes of at least 4 members (excludes halogenated alkanes) is 3. The number of carbonyl (C=O) groups excluding carboxylic acids is 2. The first-order valence-corrected chi connectivity index (χ1v) is 21.9. The lowest BCUT2D eigenvalue weighted by Crippen LogP contribution is -3.10. The number of hydrogen-bond acceptors (Lipinski definition) is 12. The predicted molar refractivity (Wildman–Crippen MR) is 230 cm³/mol. The summed E-state index contributed by atoms with van der Waals surface area (Å²) in [7, 11) is -5.22. The molecule has 6 rings (SSSR count). The lowest BCUT2D eigenvalue weighted by molar-refractivity contribution is -0.846. The Balaban J connectivity index is 0.000000199. The van der Waals surface area contributed by atoms with Crippen molar-refractivity contribution in [2.75, 3.05) is 10.2 Å². The van der Waals surface area contributed by atoms with E-state index in [1.165, 1.54) is 13.8 Å². The largest absolute Gasteiger partial charge is 0.549 e. The second kappa shape index (κ2) is 22.0. The van der Waals surface area contributed by atoms with E-state index in [9.17, 15) is 32.8 Å². The van der Waals surface area contributed by atoms with E-state index in [0.29, 0.717) is 6.42 Å². The smallest absolute Gasteiger partial charge is 0.277 e. The van der Waals surface area contributed by atoms with E-state index >= 15 is 0 Å². The number of hydrogen-bond donors (Lipinski definition) is 5. The number of nitrogens with one attached hydrogen (secondary N) is 4. The van der Waals surface area contributed by atoms with Crippen molar-refractivity contribution >= 4 is 56.5 Å². The van der Waals surface area contributed by atoms with E-state index < -0.39 is 38.6 Å². The molecule has 15 nitrogen and oxygen atoms in total. The fourth-order valence-electron chi connectivity index (χ4n) is 7.27. The van der Waals surface area contributed by atoms with Gasteiger partial charge >= 0.3 is 0 Å². The Bertz CT molecular complexity index is 2020. The molecule has 0 aliphatic carbocycles. The number of carbonyl (C=O) groups is 2. The Morgan fingerprint density at radius 2 is 1.00 bits per heavy atom. The second-order valence-corrected chi connectivity index (χ2v) is 15.9. The van der Waals surface area contributed by atoms with Crippen molar-refractivity contribution in [1.29, 1.82) is 0 Å². The molecule has 0 amide bonds. The van der Waals surface area contributed by atoms with Gasteiger partial charge in [-0.2, -0.15) is 8.42 Å². The van der Waals surface area contributed by atoms with Crippen molar-refractivity contribution in [3.63, 3.8) is 0 Å². The summed E-state index contributed by atoms with van der Waals surface area (Å²) >= 11 is 0. The van der Waals surface area contributed by atoms with Gasteiger partial charge in [0.25, 0.3) is 10.1 Å². The summed E-state index contributed by atoms with van der Waals surface area (Å²) in [4.78, 5) is 23.3. The number of hydrazine groups is 2. The minimum Gasteiger partial charge on any atom is -0.549 e. The Kier molecular flexibility index (Phi) is 17.2. The first-order chi connectivity index (χ1) is 28.8. The van der Waals surface area contributed by atoms with E-state index in [-0.39, 0.29) is 19.3 Å². The van der Waals surface area contributed by atoms with Crippen LogP contribution < -0.4 is 41.5 Å². The van der Waals surface area contributed by atoms with Gasteiger partial charge in [0, 0.05) is 48.5 Å². The molecule has 2 aliphatic rings. The van der Waals surface area contributed by atoms with Crippen LogP contribution in [-0.2, 0) is 19.7 Å². The van der Waals surface area contributed by atoms with Crippen LogP contribution >= 0.6 is 0 Å². The van der Waals surface area contributed by atoms with Crippen LogP contribution in [0.5, 0.6) is 0 Å². The summed E-state index contributed by atoms with van der Waals surface area (Å²) in [5.74, 6) is -1.93. The Morgan fingerprint density at radius 3 is 1.30 bits per heavy atom. The van der Waals surface area contributed by atoms with Gasteiger partial charge in [0.1, 0.15) is 16.1 Å². The summed E-state index contributed by atoms with van der Waals surface area (Å²) in [6.45, 7) is 8.83. The number of quaternary nitrogens is 2. The molecule has 5 N–H and O–H groups in total. The third-order valence-electron chi connectivity index (χ3n) is 10.7. The number of nitrogens with zero attached hydrogens (tertiary/aromatic N) is 4. The maximum Gasteiger partial charge on any atom is 0.277 e. The highest BCUT2D eigenvalue weighted by atomic mass is 32.2. The Hall–Kier alpha value is -5.81. The van der Waals surface area contributed by atoms with Gasteiger partial charge in [-0.25, -0.2) is 10.9 Å². The number of carboxylic acid groups (broad SMARTS) is 2. The molecular formula is C44H58N8O7S. The number of aliphatic carboxylic acids is 2. The van der Waals surface area contributed by atoms with Crippen LogP contribution in [0.2, 0.25) is 0 Å². The molecule has 322 valence electrons.